The van der Waals surface area contributed by atoms with Crippen LogP contribution in [0.2, 0.25) is 0 Å². The molecule has 3 rings (SSSR count). The predicted octanol–water partition coefficient (Wildman–Crippen LogP) is 1.65. The Labute approximate surface area is 110 Å². The summed E-state index contributed by atoms with van der Waals surface area (Å²) in [4.78, 5) is 2.14. The summed E-state index contributed by atoms with van der Waals surface area (Å²) in [6.07, 6.45) is 0.579. The number of piperidine rings is 1. The molecule has 2 unspecified atom stereocenters. The van der Waals surface area contributed by atoms with Crippen molar-refractivity contribution in [1.29, 1.82) is 0 Å². The number of nitrogens with zero attached hydrogens (tertiary/aromatic N) is 1. The second-order valence-electron chi connectivity index (χ2n) is 5.55. The molecule has 19 heavy (non-hydrogen) atoms. The first-order chi connectivity index (χ1) is 9.01. The van der Waals surface area contributed by atoms with Gasteiger partial charge in [-0.2, -0.15) is 0 Å². The van der Waals surface area contributed by atoms with Gasteiger partial charge in [0.2, 0.25) is 0 Å². The molecule has 0 saturated carbocycles. The number of hydrogen-bond acceptors (Lipinski definition) is 3. The Morgan fingerprint density at radius 3 is 2.26 bits per heavy atom. The van der Waals surface area contributed by atoms with Crippen LogP contribution in [0.1, 0.15) is 18.4 Å². The van der Waals surface area contributed by atoms with E-state index in [2.05, 4.69) is 4.90 Å². The molecule has 1 N–H and O–H groups in total. The average molecular weight is 269 g/mol. The van der Waals surface area contributed by atoms with E-state index < -0.39 is 17.2 Å². The number of benzene rings is 1. The molecule has 1 aromatic rings. The minimum atomic E-state index is -1.44. The lowest BCUT2D eigenvalue weighted by molar-refractivity contribution is -0.139. The molecule has 104 valence electrons. The van der Waals surface area contributed by atoms with Crippen molar-refractivity contribution in [3.05, 3.63) is 35.4 Å². The molecular weight excluding hydrogens is 252 g/mol. The molecule has 2 fully saturated rings. The quantitative estimate of drug-likeness (QED) is 0.841. The van der Waals surface area contributed by atoms with E-state index >= 15 is 0 Å². The van der Waals surface area contributed by atoms with E-state index in [-0.39, 0.29) is 30.5 Å². The zero-order chi connectivity index (χ0) is 13.6. The van der Waals surface area contributed by atoms with Gasteiger partial charge in [0.05, 0.1) is 24.4 Å². The Morgan fingerprint density at radius 1 is 1.21 bits per heavy atom. The van der Waals surface area contributed by atoms with E-state index in [0.29, 0.717) is 13.2 Å². The van der Waals surface area contributed by atoms with E-state index in [9.17, 15) is 13.9 Å². The predicted molar refractivity (Wildman–Crippen MR) is 65.6 cm³/mol. The topological polar surface area (TPSA) is 32.7 Å². The van der Waals surface area contributed by atoms with E-state index in [0.717, 1.165) is 0 Å². The third-order valence-corrected chi connectivity index (χ3v) is 4.35. The molecule has 2 aliphatic heterocycles. The zero-order valence-corrected chi connectivity index (χ0v) is 10.8. The van der Waals surface area contributed by atoms with Crippen LogP contribution < -0.4 is 0 Å². The highest BCUT2D eigenvalue weighted by Crippen LogP contribution is 2.42. The zero-order valence-electron chi connectivity index (χ0n) is 10.8. The lowest BCUT2D eigenvalue weighted by Gasteiger charge is -2.50. The van der Waals surface area contributed by atoms with Gasteiger partial charge in [-0.15, -0.1) is 0 Å². The van der Waals surface area contributed by atoms with E-state index in [1.54, 1.807) is 0 Å². The molecule has 0 radical (unpaired) electrons. The molecular formula is C14H17F2NO2. The van der Waals surface area contributed by atoms with Crippen LogP contribution >= 0.6 is 0 Å². The summed E-state index contributed by atoms with van der Waals surface area (Å²) >= 11 is 0. The van der Waals surface area contributed by atoms with Crippen LogP contribution in [-0.2, 0) is 10.3 Å². The number of morpholine rings is 1. The highest BCUT2D eigenvalue weighted by molar-refractivity contribution is 5.28. The van der Waals surface area contributed by atoms with Gasteiger partial charge in [-0.1, -0.05) is 6.07 Å². The molecule has 0 amide bonds. The number of aliphatic hydroxyl groups is 1. The first-order valence-corrected chi connectivity index (χ1v) is 6.48. The summed E-state index contributed by atoms with van der Waals surface area (Å²) < 4.78 is 33.3. The average Bonchev–Trinajstić information content (AvgIpc) is 2.31. The van der Waals surface area contributed by atoms with Crippen molar-refractivity contribution in [2.24, 2.45) is 0 Å². The third kappa shape index (κ3) is 2.06. The molecule has 5 heteroatoms. The number of hydrogen-bond donors (Lipinski definition) is 1. The number of ether oxygens (including phenoxy) is 1. The standard InChI is InChI=1S/C14H17F2NO2/c1-17-9-5-14(18,6-10(17)8-19-7-9)13-11(15)3-2-4-12(13)16/h2-4,9-10,18H,5-8H2,1H3. The normalized spacial score (nSPS) is 35.4. The minimum Gasteiger partial charge on any atom is -0.385 e. The van der Waals surface area contributed by atoms with Crippen molar-refractivity contribution < 1.29 is 18.6 Å². The van der Waals surface area contributed by atoms with Gasteiger partial charge < -0.3 is 9.84 Å². The molecule has 2 atom stereocenters. The Balaban J connectivity index is 2.00. The van der Waals surface area contributed by atoms with E-state index in [1.165, 1.54) is 18.2 Å². The first-order valence-electron chi connectivity index (χ1n) is 6.48. The second-order valence-corrected chi connectivity index (χ2v) is 5.55. The summed E-state index contributed by atoms with van der Waals surface area (Å²) in [6, 6.07) is 3.70. The van der Waals surface area contributed by atoms with Crippen LogP contribution in [-0.4, -0.2) is 42.4 Å². The maximum Gasteiger partial charge on any atom is 0.132 e. The number of fused-ring (bicyclic) bond motifs is 2. The number of rotatable bonds is 1. The van der Waals surface area contributed by atoms with Crippen molar-refractivity contribution in [3.63, 3.8) is 0 Å². The highest BCUT2D eigenvalue weighted by Gasteiger charge is 2.47. The molecule has 2 saturated heterocycles. The Kier molecular flexibility index (Phi) is 3.08. The summed E-state index contributed by atoms with van der Waals surface area (Å²) in [5.41, 5.74) is -1.64. The fraction of sp³-hybridized carbons (Fsp3) is 0.571. The highest BCUT2D eigenvalue weighted by atomic mass is 19.1. The van der Waals surface area contributed by atoms with Crippen molar-refractivity contribution >= 4 is 0 Å². The lowest BCUT2D eigenvalue weighted by Crippen LogP contribution is -2.59. The maximum atomic E-state index is 13.9. The van der Waals surface area contributed by atoms with Crippen LogP contribution in [0.4, 0.5) is 8.78 Å². The summed E-state index contributed by atoms with van der Waals surface area (Å²) in [7, 11) is 1.97. The van der Waals surface area contributed by atoms with Crippen LogP contribution in [0.15, 0.2) is 18.2 Å². The van der Waals surface area contributed by atoms with Gasteiger partial charge >= 0.3 is 0 Å². The van der Waals surface area contributed by atoms with Crippen LogP contribution in [0, 0.1) is 11.6 Å². The molecule has 2 heterocycles. The number of halogens is 2. The SMILES string of the molecule is CN1C2COCC1CC(O)(c1c(F)cccc1F)C2. The molecule has 0 aromatic heterocycles. The van der Waals surface area contributed by atoms with Crippen LogP contribution in [0.3, 0.4) is 0 Å². The summed E-state index contributed by atoms with van der Waals surface area (Å²) in [5.74, 6) is -1.35. The van der Waals surface area contributed by atoms with Gasteiger partial charge in [0.25, 0.3) is 0 Å². The molecule has 0 spiro atoms. The number of likely N-dealkylation sites (N-methyl/N-ethyl adjacent to an activating group) is 1. The van der Waals surface area contributed by atoms with Crippen LogP contribution in [0.5, 0.6) is 0 Å². The van der Waals surface area contributed by atoms with Gasteiger partial charge in [0, 0.05) is 12.1 Å². The maximum absolute atomic E-state index is 13.9. The molecule has 1 aromatic carbocycles. The van der Waals surface area contributed by atoms with Gasteiger partial charge in [-0.05, 0) is 32.0 Å². The van der Waals surface area contributed by atoms with Crippen molar-refractivity contribution in [1.82, 2.24) is 4.90 Å². The smallest absolute Gasteiger partial charge is 0.132 e. The monoisotopic (exact) mass is 269 g/mol. The van der Waals surface area contributed by atoms with Crippen LogP contribution in [0.25, 0.3) is 0 Å². The Bertz CT molecular complexity index is 460. The van der Waals surface area contributed by atoms with Gasteiger partial charge in [-0.25, -0.2) is 8.78 Å². The third-order valence-electron chi connectivity index (χ3n) is 4.35. The Hall–Kier alpha value is -1.04. The fourth-order valence-corrected chi connectivity index (χ4v) is 3.29. The van der Waals surface area contributed by atoms with Gasteiger partial charge in [0.15, 0.2) is 0 Å². The molecule has 0 aliphatic carbocycles. The van der Waals surface area contributed by atoms with Crippen molar-refractivity contribution in [2.75, 3.05) is 20.3 Å². The van der Waals surface area contributed by atoms with Crippen molar-refractivity contribution in [2.45, 2.75) is 30.5 Å². The fourth-order valence-electron chi connectivity index (χ4n) is 3.29. The van der Waals surface area contributed by atoms with Crippen molar-refractivity contribution in [3.8, 4) is 0 Å². The molecule has 2 aliphatic rings. The first kappa shape index (κ1) is 13.0. The lowest BCUT2D eigenvalue weighted by atomic mass is 9.76. The van der Waals surface area contributed by atoms with E-state index in [4.69, 9.17) is 4.74 Å². The molecule has 3 nitrogen and oxygen atoms in total. The van der Waals surface area contributed by atoms with E-state index in [1.807, 2.05) is 7.05 Å². The summed E-state index contributed by atoms with van der Waals surface area (Å²) in [5, 5.41) is 10.8. The summed E-state index contributed by atoms with van der Waals surface area (Å²) in [6.45, 7) is 0.983. The Morgan fingerprint density at radius 2 is 1.74 bits per heavy atom. The van der Waals surface area contributed by atoms with Gasteiger partial charge in [-0.3, -0.25) is 4.90 Å². The second kappa shape index (κ2) is 4.51. The molecule has 2 bridgehead atoms. The van der Waals surface area contributed by atoms with Gasteiger partial charge in [0.1, 0.15) is 11.6 Å². The minimum absolute atomic E-state index is 0.00324. The largest absolute Gasteiger partial charge is 0.385 e.